The topological polar surface area (TPSA) is 69.6 Å². The van der Waals surface area contributed by atoms with Gasteiger partial charge in [0.2, 0.25) is 0 Å². The second-order valence-electron chi connectivity index (χ2n) is 5.67. The first kappa shape index (κ1) is 15.4. The lowest BCUT2D eigenvalue weighted by Gasteiger charge is -2.42. The number of carbonyl (C=O) groups is 2. The van der Waals surface area contributed by atoms with Crippen molar-refractivity contribution in [1.29, 1.82) is 0 Å². The maximum absolute atomic E-state index is 12.5. The summed E-state index contributed by atoms with van der Waals surface area (Å²) < 4.78 is 0. The van der Waals surface area contributed by atoms with Crippen LogP contribution in [0.25, 0.3) is 0 Å². The fourth-order valence-corrected chi connectivity index (χ4v) is 2.82. The summed E-state index contributed by atoms with van der Waals surface area (Å²) in [7, 11) is 0. The molecule has 0 atom stereocenters. The van der Waals surface area contributed by atoms with E-state index < -0.39 is 11.5 Å². The Morgan fingerprint density at radius 2 is 2.00 bits per heavy atom. The van der Waals surface area contributed by atoms with E-state index in [9.17, 15) is 9.59 Å². The van der Waals surface area contributed by atoms with Crippen molar-refractivity contribution in [3.8, 4) is 0 Å². The number of aryl methyl sites for hydroxylation is 1. The van der Waals surface area contributed by atoms with Crippen molar-refractivity contribution in [2.75, 3.05) is 11.4 Å². The minimum absolute atomic E-state index is 0.00986. The maximum atomic E-state index is 12.5. The van der Waals surface area contributed by atoms with E-state index in [0.29, 0.717) is 6.54 Å². The molecular weight excluding hydrogens is 268 g/mol. The Hall–Kier alpha value is -2.04. The summed E-state index contributed by atoms with van der Waals surface area (Å²) >= 11 is 0. The van der Waals surface area contributed by atoms with Crippen molar-refractivity contribution in [2.45, 2.75) is 45.1 Å². The molecule has 21 heavy (non-hydrogen) atoms. The van der Waals surface area contributed by atoms with Crippen LogP contribution in [0.5, 0.6) is 0 Å². The monoisotopic (exact) mass is 290 g/mol. The zero-order valence-electron chi connectivity index (χ0n) is 12.6. The number of urea groups is 1. The van der Waals surface area contributed by atoms with Gasteiger partial charge in [-0.1, -0.05) is 18.2 Å². The molecule has 2 N–H and O–H groups in total. The Kier molecular flexibility index (Phi) is 4.50. The van der Waals surface area contributed by atoms with Gasteiger partial charge in [-0.3, -0.25) is 9.69 Å². The van der Waals surface area contributed by atoms with Crippen LogP contribution in [0, 0.1) is 6.92 Å². The number of hydrogen-bond donors (Lipinski definition) is 2. The highest BCUT2D eigenvalue weighted by Crippen LogP contribution is 2.35. The lowest BCUT2D eigenvalue weighted by Crippen LogP contribution is -2.58. The molecule has 0 radical (unpaired) electrons. The second-order valence-corrected chi connectivity index (χ2v) is 5.67. The first-order valence-corrected chi connectivity index (χ1v) is 7.34. The van der Waals surface area contributed by atoms with Crippen LogP contribution < -0.4 is 10.2 Å². The van der Waals surface area contributed by atoms with E-state index in [1.807, 2.05) is 38.1 Å². The van der Waals surface area contributed by atoms with Gasteiger partial charge < -0.3 is 10.4 Å². The molecule has 0 heterocycles. The number of benzene rings is 1. The lowest BCUT2D eigenvalue weighted by atomic mass is 9.74. The molecule has 1 aliphatic carbocycles. The Balaban J connectivity index is 2.14. The van der Waals surface area contributed by atoms with Crippen molar-refractivity contribution in [3.05, 3.63) is 29.8 Å². The van der Waals surface area contributed by atoms with Crippen LogP contribution in [0.3, 0.4) is 0 Å². The molecular formula is C16H22N2O3. The molecule has 0 aromatic heterocycles. The van der Waals surface area contributed by atoms with Gasteiger partial charge in [-0.15, -0.1) is 0 Å². The van der Waals surface area contributed by atoms with Crippen LogP contribution in [0.1, 0.15) is 38.2 Å². The van der Waals surface area contributed by atoms with E-state index in [0.717, 1.165) is 30.5 Å². The van der Waals surface area contributed by atoms with E-state index in [-0.39, 0.29) is 12.5 Å². The zero-order chi connectivity index (χ0) is 15.5. The predicted octanol–water partition coefficient (Wildman–Crippen LogP) is 2.93. The molecule has 5 heteroatoms. The molecule has 0 saturated heterocycles. The number of carbonyl (C=O) groups excluding carboxylic acids is 1. The van der Waals surface area contributed by atoms with Gasteiger partial charge in [0.1, 0.15) is 0 Å². The van der Waals surface area contributed by atoms with Crippen LogP contribution >= 0.6 is 0 Å². The summed E-state index contributed by atoms with van der Waals surface area (Å²) in [4.78, 5) is 25.2. The molecule has 1 saturated carbocycles. The number of hydrogen-bond acceptors (Lipinski definition) is 2. The van der Waals surface area contributed by atoms with E-state index in [4.69, 9.17) is 5.11 Å². The number of carboxylic acid groups (broad SMARTS) is 1. The summed E-state index contributed by atoms with van der Waals surface area (Å²) in [6.45, 7) is 4.41. The third-order valence-corrected chi connectivity index (χ3v) is 4.14. The molecule has 0 bridgehead atoms. The maximum Gasteiger partial charge on any atom is 0.322 e. The van der Waals surface area contributed by atoms with Gasteiger partial charge >= 0.3 is 12.0 Å². The minimum atomic E-state index is -0.867. The smallest absolute Gasteiger partial charge is 0.322 e. The Morgan fingerprint density at radius 1 is 1.33 bits per heavy atom. The molecule has 1 aliphatic rings. The molecule has 1 aromatic carbocycles. The van der Waals surface area contributed by atoms with Crippen molar-refractivity contribution >= 4 is 17.7 Å². The largest absolute Gasteiger partial charge is 0.481 e. The highest BCUT2D eigenvalue weighted by molar-refractivity contribution is 5.93. The predicted molar refractivity (Wildman–Crippen MR) is 81.6 cm³/mol. The van der Waals surface area contributed by atoms with E-state index >= 15 is 0 Å². The standard InChI is InChI=1S/C16H22N2O3/c1-3-18(13-8-5-4-7-12(13)2)15(21)17-16(9-6-10-16)11-14(19)20/h4-5,7-8H,3,6,9-11H2,1-2H3,(H,17,21)(H,19,20). The Labute approximate surface area is 125 Å². The summed E-state index contributed by atoms with van der Waals surface area (Å²) in [6.07, 6.45) is 2.42. The first-order chi connectivity index (χ1) is 9.97. The molecule has 5 nitrogen and oxygen atoms in total. The van der Waals surface area contributed by atoms with E-state index in [1.165, 1.54) is 0 Å². The van der Waals surface area contributed by atoms with Gasteiger partial charge in [0.25, 0.3) is 0 Å². The fourth-order valence-electron chi connectivity index (χ4n) is 2.82. The van der Waals surface area contributed by atoms with Crippen LogP contribution in [0.2, 0.25) is 0 Å². The van der Waals surface area contributed by atoms with E-state index in [1.54, 1.807) is 4.90 Å². The van der Waals surface area contributed by atoms with Crippen molar-refractivity contribution < 1.29 is 14.7 Å². The quantitative estimate of drug-likeness (QED) is 0.876. The van der Waals surface area contributed by atoms with E-state index in [2.05, 4.69) is 5.32 Å². The molecule has 0 spiro atoms. The normalized spacial score (nSPS) is 15.9. The molecule has 2 amide bonds. The van der Waals surface area contributed by atoms with Gasteiger partial charge in [0, 0.05) is 12.2 Å². The number of rotatable bonds is 5. The molecule has 1 fully saturated rings. The number of para-hydroxylation sites is 1. The summed E-state index contributed by atoms with van der Waals surface area (Å²) in [5, 5.41) is 12.0. The van der Waals surface area contributed by atoms with Gasteiger partial charge in [0.15, 0.2) is 0 Å². The van der Waals surface area contributed by atoms with Crippen LogP contribution in [-0.4, -0.2) is 29.2 Å². The van der Waals surface area contributed by atoms with Crippen LogP contribution in [-0.2, 0) is 4.79 Å². The molecule has 2 rings (SSSR count). The fraction of sp³-hybridized carbons (Fsp3) is 0.500. The van der Waals surface area contributed by atoms with Crippen molar-refractivity contribution in [3.63, 3.8) is 0 Å². The molecule has 1 aromatic rings. The highest BCUT2D eigenvalue weighted by atomic mass is 16.4. The van der Waals surface area contributed by atoms with Crippen LogP contribution in [0.4, 0.5) is 10.5 Å². The zero-order valence-corrected chi connectivity index (χ0v) is 12.6. The molecule has 114 valence electrons. The van der Waals surface area contributed by atoms with Gasteiger partial charge in [0.05, 0.1) is 12.0 Å². The minimum Gasteiger partial charge on any atom is -0.481 e. The number of anilines is 1. The molecule has 0 unspecified atom stereocenters. The summed E-state index contributed by atoms with van der Waals surface area (Å²) in [5.41, 5.74) is 1.32. The number of nitrogens with zero attached hydrogens (tertiary/aromatic N) is 1. The van der Waals surface area contributed by atoms with Crippen LogP contribution in [0.15, 0.2) is 24.3 Å². The SMILES string of the molecule is CCN(C(=O)NC1(CC(=O)O)CCC1)c1ccccc1C. The Bertz CT molecular complexity index is 538. The van der Waals surface area contributed by atoms with Gasteiger partial charge in [-0.05, 0) is 44.7 Å². The third-order valence-electron chi connectivity index (χ3n) is 4.14. The first-order valence-electron chi connectivity index (χ1n) is 7.34. The summed E-state index contributed by atoms with van der Waals surface area (Å²) in [6, 6.07) is 7.48. The van der Waals surface area contributed by atoms with Gasteiger partial charge in [-0.25, -0.2) is 4.79 Å². The average molecular weight is 290 g/mol. The summed E-state index contributed by atoms with van der Waals surface area (Å²) in [5.74, 6) is -0.867. The number of amides is 2. The van der Waals surface area contributed by atoms with Crippen molar-refractivity contribution in [1.82, 2.24) is 5.32 Å². The van der Waals surface area contributed by atoms with Crippen molar-refractivity contribution in [2.24, 2.45) is 0 Å². The average Bonchev–Trinajstić information content (AvgIpc) is 2.38. The number of aliphatic carboxylic acids is 1. The lowest BCUT2D eigenvalue weighted by molar-refractivity contribution is -0.139. The number of nitrogens with one attached hydrogen (secondary N) is 1. The third kappa shape index (κ3) is 3.35. The highest BCUT2D eigenvalue weighted by Gasteiger charge is 2.41. The molecule has 0 aliphatic heterocycles. The van der Waals surface area contributed by atoms with Gasteiger partial charge in [-0.2, -0.15) is 0 Å². The number of carboxylic acids is 1. The second kappa shape index (κ2) is 6.16. The Morgan fingerprint density at radius 3 is 2.48 bits per heavy atom.